The largest absolute Gasteiger partial charge is 0.436 e. The van der Waals surface area contributed by atoms with Gasteiger partial charge in [0.2, 0.25) is 5.91 Å². The van der Waals surface area contributed by atoms with Crippen LogP contribution in [-0.2, 0) is 17.5 Å². The van der Waals surface area contributed by atoms with Crippen molar-refractivity contribution in [2.24, 2.45) is 0 Å². The van der Waals surface area contributed by atoms with Gasteiger partial charge in [0.15, 0.2) is 5.69 Å². The molecule has 9 heteroatoms. The average Bonchev–Trinajstić information content (AvgIpc) is 2.67. The van der Waals surface area contributed by atoms with Crippen LogP contribution in [0.5, 0.6) is 0 Å². The third kappa shape index (κ3) is 3.49. The van der Waals surface area contributed by atoms with Crippen molar-refractivity contribution < 1.29 is 18.0 Å². The predicted octanol–water partition coefficient (Wildman–Crippen LogP) is 1.64. The van der Waals surface area contributed by atoms with E-state index in [1.54, 1.807) is 4.90 Å². The van der Waals surface area contributed by atoms with Crippen LogP contribution in [0.2, 0.25) is 5.02 Å². The Morgan fingerprint density at radius 1 is 1.29 bits per heavy atom. The minimum absolute atomic E-state index is 0.145. The van der Waals surface area contributed by atoms with Gasteiger partial charge in [0.1, 0.15) is 6.54 Å². The number of piperazine rings is 1. The van der Waals surface area contributed by atoms with Gasteiger partial charge in [-0.05, 0) is 14.0 Å². The molecule has 1 aliphatic heterocycles. The van der Waals surface area contributed by atoms with Crippen molar-refractivity contribution in [1.82, 2.24) is 19.6 Å². The van der Waals surface area contributed by atoms with Crippen LogP contribution in [0.3, 0.4) is 0 Å². The monoisotopic (exact) mass is 324 g/mol. The summed E-state index contributed by atoms with van der Waals surface area (Å²) >= 11 is 5.65. The summed E-state index contributed by atoms with van der Waals surface area (Å²) in [6, 6.07) is 0. The van der Waals surface area contributed by atoms with Crippen LogP contribution in [0, 0.1) is 6.92 Å². The van der Waals surface area contributed by atoms with E-state index in [-0.39, 0.29) is 18.1 Å². The SMILES string of the molecule is Cc1c(Cl)c(C(F)(F)F)nn1CC(=O)N1CCN(C)CC1. The van der Waals surface area contributed by atoms with Crippen molar-refractivity contribution >= 4 is 17.5 Å². The molecule has 1 aromatic rings. The minimum Gasteiger partial charge on any atom is -0.339 e. The Morgan fingerprint density at radius 2 is 1.86 bits per heavy atom. The van der Waals surface area contributed by atoms with Crippen molar-refractivity contribution in [1.29, 1.82) is 0 Å². The van der Waals surface area contributed by atoms with Crippen molar-refractivity contribution in [3.63, 3.8) is 0 Å². The van der Waals surface area contributed by atoms with Gasteiger partial charge in [0.05, 0.1) is 10.7 Å². The molecule has 0 N–H and O–H groups in total. The van der Waals surface area contributed by atoms with Crippen molar-refractivity contribution in [3.05, 3.63) is 16.4 Å². The van der Waals surface area contributed by atoms with E-state index in [4.69, 9.17) is 11.6 Å². The van der Waals surface area contributed by atoms with Crippen molar-refractivity contribution in [2.75, 3.05) is 33.2 Å². The number of hydrogen-bond acceptors (Lipinski definition) is 3. The summed E-state index contributed by atoms with van der Waals surface area (Å²) < 4.78 is 39.2. The second-order valence-corrected chi connectivity index (χ2v) is 5.47. The number of nitrogens with zero attached hydrogens (tertiary/aromatic N) is 4. The van der Waals surface area contributed by atoms with Gasteiger partial charge in [-0.1, -0.05) is 11.6 Å². The molecule has 0 aliphatic carbocycles. The van der Waals surface area contributed by atoms with Gasteiger partial charge in [-0.3, -0.25) is 9.48 Å². The molecule has 118 valence electrons. The van der Waals surface area contributed by atoms with Gasteiger partial charge >= 0.3 is 6.18 Å². The fourth-order valence-electron chi connectivity index (χ4n) is 2.14. The zero-order valence-electron chi connectivity index (χ0n) is 11.7. The molecule has 0 atom stereocenters. The molecule has 5 nitrogen and oxygen atoms in total. The number of aromatic nitrogens is 2. The first kappa shape index (κ1) is 16.1. The zero-order valence-corrected chi connectivity index (χ0v) is 12.5. The number of hydrogen-bond donors (Lipinski definition) is 0. The van der Waals surface area contributed by atoms with E-state index in [1.165, 1.54) is 6.92 Å². The fraction of sp³-hybridized carbons (Fsp3) is 0.667. The van der Waals surface area contributed by atoms with Crippen LogP contribution in [0.15, 0.2) is 0 Å². The van der Waals surface area contributed by atoms with Crippen LogP contribution in [-0.4, -0.2) is 58.7 Å². The first-order valence-corrected chi connectivity index (χ1v) is 6.84. The van der Waals surface area contributed by atoms with Crippen molar-refractivity contribution in [2.45, 2.75) is 19.6 Å². The summed E-state index contributed by atoms with van der Waals surface area (Å²) in [6.45, 7) is 3.81. The number of halogens is 4. The average molecular weight is 325 g/mol. The molecule has 1 aliphatic rings. The number of amides is 1. The van der Waals surface area contributed by atoms with Crippen LogP contribution in [0.25, 0.3) is 0 Å². The van der Waals surface area contributed by atoms with E-state index < -0.39 is 16.9 Å². The lowest BCUT2D eigenvalue weighted by Crippen LogP contribution is -2.48. The number of likely N-dealkylation sites (N-methyl/N-ethyl adjacent to an activating group) is 1. The van der Waals surface area contributed by atoms with Gasteiger partial charge in [-0.15, -0.1) is 0 Å². The summed E-state index contributed by atoms with van der Waals surface area (Å²) in [5.41, 5.74) is -1.00. The Hall–Kier alpha value is -1.28. The lowest BCUT2D eigenvalue weighted by molar-refractivity contribution is -0.142. The third-order valence-corrected chi connectivity index (χ3v) is 4.00. The highest BCUT2D eigenvalue weighted by molar-refractivity contribution is 6.32. The first-order valence-electron chi connectivity index (χ1n) is 6.46. The topological polar surface area (TPSA) is 41.4 Å². The number of carbonyl (C=O) groups excluding carboxylic acids is 1. The van der Waals surface area contributed by atoms with Crippen LogP contribution in [0.1, 0.15) is 11.4 Å². The van der Waals surface area contributed by atoms with Gasteiger partial charge in [-0.25, -0.2) is 0 Å². The summed E-state index contributed by atoms with van der Waals surface area (Å²) in [6.07, 6.45) is -4.62. The number of alkyl halides is 3. The molecule has 0 radical (unpaired) electrons. The van der Waals surface area contributed by atoms with E-state index in [0.717, 1.165) is 17.8 Å². The predicted molar refractivity (Wildman–Crippen MR) is 71.1 cm³/mol. The minimum atomic E-state index is -4.62. The lowest BCUT2D eigenvalue weighted by Gasteiger charge is -2.32. The zero-order chi connectivity index (χ0) is 15.8. The van der Waals surface area contributed by atoms with E-state index in [9.17, 15) is 18.0 Å². The molecule has 0 aromatic carbocycles. The Labute approximate surface area is 125 Å². The van der Waals surface area contributed by atoms with E-state index in [1.807, 2.05) is 7.05 Å². The fourth-order valence-corrected chi connectivity index (χ4v) is 2.39. The molecule has 2 rings (SSSR count). The van der Waals surface area contributed by atoms with Gasteiger partial charge < -0.3 is 9.80 Å². The summed E-state index contributed by atoms with van der Waals surface area (Å²) in [4.78, 5) is 15.8. The molecule has 1 saturated heterocycles. The highest BCUT2D eigenvalue weighted by atomic mass is 35.5. The molecule has 1 fully saturated rings. The molecule has 0 unspecified atom stereocenters. The molecule has 1 amide bonds. The first-order chi connectivity index (χ1) is 9.70. The Bertz CT molecular complexity index is 535. The summed E-state index contributed by atoms with van der Waals surface area (Å²) in [5.74, 6) is -0.251. The molecular formula is C12H16ClF3N4O. The van der Waals surface area contributed by atoms with Gasteiger partial charge in [0, 0.05) is 26.2 Å². The van der Waals surface area contributed by atoms with E-state index in [2.05, 4.69) is 10.00 Å². The van der Waals surface area contributed by atoms with Crippen LogP contribution in [0.4, 0.5) is 13.2 Å². The van der Waals surface area contributed by atoms with Gasteiger partial charge in [-0.2, -0.15) is 18.3 Å². The molecule has 0 spiro atoms. The highest BCUT2D eigenvalue weighted by Gasteiger charge is 2.38. The standard InChI is InChI=1S/C12H16ClF3N4O/c1-8-10(13)11(12(14,15)16)17-20(8)7-9(21)19-5-3-18(2)4-6-19/h3-7H2,1-2H3. The normalized spacial score (nSPS) is 17.3. The van der Waals surface area contributed by atoms with Crippen LogP contribution >= 0.6 is 11.6 Å². The second kappa shape index (κ2) is 5.84. The van der Waals surface area contributed by atoms with E-state index in [0.29, 0.717) is 13.1 Å². The maximum absolute atomic E-state index is 12.7. The summed E-state index contributed by atoms with van der Waals surface area (Å²) in [5, 5.41) is 2.98. The van der Waals surface area contributed by atoms with Crippen molar-refractivity contribution in [3.8, 4) is 0 Å². The van der Waals surface area contributed by atoms with Gasteiger partial charge in [0.25, 0.3) is 0 Å². The quantitative estimate of drug-likeness (QED) is 0.830. The Balaban J connectivity index is 2.11. The molecule has 21 heavy (non-hydrogen) atoms. The highest BCUT2D eigenvalue weighted by Crippen LogP contribution is 2.35. The molecule has 1 aromatic heterocycles. The number of rotatable bonds is 2. The lowest BCUT2D eigenvalue weighted by atomic mass is 10.3. The molecular weight excluding hydrogens is 309 g/mol. The molecule has 0 bridgehead atoms. The third-order valence-electron chi connectivity index (χ3n) is 3.54. The number of carbonyl (C=O) groups is 1. The maximum Gasteiger partial charge on any atom is 0.436 e. The maximum atomic E-state index is 12.7. The second-order valence-electron chi connectivity index (χ2n) is 5.09. The Kier molecular flexibility index (Phi) is 4.48. The Morgan fingerprint density at radius 3 is 2.33 bits per heavy atom. The molecule has 0 saturated carbocycles. The summed E-state index contributed by atoms with van der Waals surface area (Å²) in [7, 11) is 1.95. The smallest absolute Gasteiger partial charge is 0.339 e. The van der Waals surface area contributed by atoms with Crippen LogP contribution < -0.4 is 0 Å². The molecule has 2 heterocycles. The van der Waals surface area contributed by atoms with E-state index >= 15 is 0 Å².